The van der Waals surface area contributed by atoms with Crippen molar-refractivity contribution in [1.29, 1.82) is 0 Å². The molecule has 0 bridgehead atoms. The number of carbonyl (C=O) groups is 3. The first-order chi connectivity index (χ1) is 16.9. The molecule has 0 radical (unpaired) electrons. The number of fused-ring (bicyclic) bond motifs is 2. The largest absolute Gasteiger partial charge is 0.465 e. The van der Waals surface area contributed by atoms with Crippen LogP contribution >= 0.6 is 0 Å². The first-order valence-electron chi connectivity index (χ1n) is 11.4. The van der Waals surface area contributed by atoms with Gasteiger partial charge in [-0.15, -0.1) is 0 Å². The van der Waals surface area contributed by atoms with Crippen molar-refractivity contribution in [3.05, 3.63) is 112 Å². The first kappa shape index (κ1) is 22.5. The predicted octanol–water partition coefficient (Wildman–Crippen LogP) is 5.06. The van der Waals surface area contributed by atoms with Crippen LogP contribution in [0, 0.1) is 25.7 Å². The molecule has 5 rings (SSSR count). The van der Waals surface area contributed by atoms with Crippen LogP contribution in [0.15, 0.2) is 83.5 Å². The zero-order valence-electron chi connectivity index (χ0n) is 19.7. The molecule has 35 heavy (non-hydrogen) atoms. The van der Waals surface area contributed by atoms with Crippen molar-refractivity contribution in [2.75, 3.05) is 7.11 Å². The number of benzene rings is 2. The molecule has 2 aliphatic carbocycles. The lowest BCUT2D eigenvalue weighted by Crippen LogP contribution is -2.35. The Morgan fingerprint density at radius 3 is 2.29 bits per heavy atom. The Labute approximate surface area is 203 Å². The maximum Gasteiger partial charge on any atom is 0.337 e. The van der Waals surface area contributed by atoms with E-state index < -0.39 is 11.8 Å². The number of ketones is 2. The summed E-state index contributed by atoms with van der Waals surface area (Å²) in [6.45, 7) is 4.01. The summed E-state index contributed by atoms with van der Waals surface area (Å²) in [6.07, 6.45) is 7.17. The molecule has 6 nitrogen and oxygen atoms in total. The van der Waals surface area contributed by atoms with E-state index in [1.807, 2.05) is 38.1 Å². The Kier molecular flexibility index (Phi) is 5.65. The number of Topliss-reactive ketones (excluding diaryl/α,β-unsaturated/α-hetero) is 2. The molecule has 2 aliphatic rings. The van der Waals surface area contributed by atoms with Crippen molar-refractivity contribution in [2.45, 2.75) is 13.8 Å². The molecule has 0 N–H and O–H groups in total. The highest BCUT2D eigenvalue weighted by atomic mass is 16.5. The number of esters is 1. The molecule has 1 heterocycles. The van der Waals surface area contributed by atoms with Gasteiger partial charge in [-0.1, -0.05) is 30.3 Å². The van der Waals surface area contributed by atoms with E-state index in [1.165, 1.54) is 7.11 Å². The molecule has 0 fully saturated rings. The molecule has 1 aromatic heterocycles. The Bertz CT molecular complexity index is 1450. The number of methoxy groups -OCH3 is 1. The van der Waals surface area contributed by atoms with Crippen LogP contribution in [-0.4, -0.2) is 35.4 Å². The fourth-order valence-corrected chi connectivity index (χ4v) is 4.84. The summed E-state index contributed by atoms with van der Waals surface area (Å²) in [4.78, 5) is 42.3. The smallest absolute Gasteiger partial charge is 0.337 e. The Hall–Kier alpha value is -4.32. The zero-order chi connectivity index (χ0) is 24.7. The number of ether oxygens (including phenoxy) is 1. The number of allylic oxidation sites excluding steroid dienone is 3. The maximum absolute atomic E-state index is 13.0. The number of aryl methyl sites for hydroxylation is 1. The van der Waals surface area contributed by atoms with Crippen LogP contribution in [0.2, 0.25) is 0 Å². The summed E-state index contributed by atoms with van der Waals surface area (Å²) in [6, 6.07) is 16.3. The van der Waals surface area contributed by atoms with E-state index in [9.17, 15) is 14.4 Å². The summed E-state index contributed by atoms with van der Waals surface area (Å²) >= 11 is 0. The van der Waals surface area contributed by atoms with Gasteiger partial charge in [-0.2, -0.15) is 0 Å². The van der Waals surface area contributed by atoms with Gasteiger partial charge in [-0.3, -0.25) is 14.6 Å². The molecule has 0 saturated carbocycles. The second-order valence-corrected chi connectivity index (χ2v) is 8.73. The number of hydrogen-bond acceptors (Lipinski definition) is 5. The van der Waals surface area contributed by atoms with E-state index in [0.717, 1.165) is 22.6 Å². The van der Waals surface area contributed by atoms with Gasteiger partial charge in [0.05, 0.1) is 30.2 Å². The van der Waals surface area contributed by atoms with Crippen LogP contribution in [0.3, 0.4) is 0 Å². The van der Waals surface area contributed by atoms with E-state index in [1.54, 1.807) is 54.8 Å². The average Bonchev–Trinajstić information content (AvgIpc) is 3.18. The van der Waals surface area contributed by atoms with Crippen LogP contribution in [0.1, 0.15) is 48.0 Å². The Balaban J connectivity index is 1.41. The third-order valence-electron chi connectivity index (χ3n) is 6.64. The minimum absolute atomic E-state index is 0.0255. The summed E-state index contributed by atoms with van der Waals surface area (Å²) in [5.41, 5.74) is 6.00. The van der Waals surface area contributed by atoms with Crippen molar-refractivity contribution in [3.63, 3.8) is 0 Å². The van der Waals surface area contributed by atoms with Crippen molar-refractivity contribution >= 4 is 23.8 Å². The van der Waals surface area contributed by atoms with Gasteiger partial charge in [0.25, 0.3) is 0 Å². The van der Waals surface area contributed by atoms with Crippen molar-refractivity contribution < 1.29 is 19.1 Å². The fraction of sp³-hybridized carbons (Fsp3) is 0.172. The molecule has 3 aromatic rings. The topological polar surface area (TPSA) is 77.7 Å². The van der Waals surface area contributed by atoms with E-state index in [4.69, 9.17) is 4.74 Å². The number of nitrogens with zero attached hydrogens (tertiary/aromatic N) is 2. The second kappa shape index (κ2) is 8.80. The van der Waals surface area contributed by atoms with E-state index >= 15 is 0 Å². The lowest BCUT2D eigenvalue weighted by atomic mass is 9.72. The standard InChI is InChI=1S/C29H24N2O4/c1-17-14-20(18(2)31(17)22-11-8-19(9-12-22)29(34)35-3)16-30-21-10-13-25-26(15-21)28(33)24-7-5-4-6-23(24)27(25)32/h4-16,25-26H,1-3H3/t25-,26+/m1/s1. The SMILES string of the molecule is COC(=O)c1ccc(-n2c(C)cc(C=NC3=C[C@@H]4C(=O)c5ccccc5C(=O)[C@@H]4C=C3)c2C)cc1. The fourth-order valence-electron chi connectivity index (χ4n) is 4.84. The van der Waals surface area contributed by atoms with Crippen LogP contribution in [0.5, 0.6) is 0 Å². The number of carbonyl (C=O) groups excluding carboxylic acids is 3. The number of hydrogen-bond donors (Lipinski definition) is 0. The summed E-state index contributed by atoms with van der Waals surface area (Å²) in [5.74, 6) is -1.45. The highest BCUT2D eigenvalue weighted by molar-refractivity contribution is 6.17. The van der Waals surface area contributed by atoms with Crippen LogP contribution in [-0.2, 0) is 4.74 Å². The molecule has 0 spiro atoms. The minimum Gasteiger partial charge on any atom is -0.465 e. The van der Waals surface area contributed by atoms with Gasteiger partial charge in [0, 0.05) is 40.0 Å². The molecule has 0 aliphatic heterocycles. The molecule has 0 unspecified atom stereocenters. The van der Waals surface area contributed by atoms with Crippen molar-refractivity contribution in [3.8, 4) is 5.69 Å². The van der Waals surface area contributed by atoms with Crippen molar-refractivity contribution in [1.82, 2.24) is 4.57 Å². The molecule has 2 atom stereocenters. The predicted molar refractivity (Wildman–Crippen MR) is 133 cm³/mol. The molecule has 0 saturated heterocycles. The van der Waals surface area contributed by atoms with E-state index in [2.05, 4.69) is 9.56 Å². The highest BCUT2D eigenvalue weighted by Gasteiger charge is 2.40. The zero-order valence-corrected chi connectivity index (χ0v) is 19.7. The molecule has 6 heteroatoms. The monoisotopic (exact) mass is 464 g/mol. The van der Waals surface area contributed by atoms with Crippen LogP contribution < -0.4 is 0 Å². The molecular weight excluding hydrogens is 440 g/mol. The van der Waals surface area contributed by atoms with Crippen LogP contribution in [0.4, 0.5) is 0 Å². The number of aliphatic imine (C=N–C) groups is 1. The quantitative estimate of drug-likeness (QED) is 0.399. The normalized spacial score (nSPS) is 18.9. The van der Waals surface area contributed by atoms with Gasteiger partial charge in [0.15, 0.2) is 11.6 Å². The maximum atomic E-state index is 13.0. The number of rotatable bonds is 4. The van der Waals surface area contributed by atoms with E-state index in [0.29, 0.717) is 22.4 Å². The third kappa shape index (κ3) is 3.87. The van der Waals surface area contributed by atoms with Gasteiger partial charge in [0.2, 0.25) is 0 Å². The van der Waals surface area contributed by atoms with Gasteiger partial charge in [-0.25, -0.2) is 4.79 Å². The highest BCUT2D eigenvalue weighted by Crippen LogP contribution is 2.35. The Morgan fingerprint density at radius 1 is 0.971 bits per heavy atom. The third-order valence-corrected chi connectivity index (χ3v) is 6.64. The summed E-state index contributed by atoms with van der Waals surface area (Å²) in [7, 11) is 1.36. The summed E-state index contributed by atoms with van der Waals surface area (Å²) in [5, 5.41) is 0. The molecule has 0 amide bonds. The lowest BCUT2D eigenvalue weighted by molar-refractivity contribution is 0.0600. The van der Waals surface area contributed by atoms with Gasteiger partial charge in [0.1, 0.15) is 0 Å². The number of aromatic nitrogens is 1. The lowest BCUT2D eigenvalue weighted by Gasteiger charge is -2.28. The van der Waals surface area contributed by atoms with Gasteiger partial charge < -0.3 is 9.30 Å². The second-order valence-electron chi connectivity index (χ2n) is 8.73. The van der Waals surface area contributed by atoms with Crippen molar-refractivity contribution in [2.24, 2.45) is 16.8 Å². The Morgan fingerprint density at radius 2 is 1.63 bits per heavy atom. The molecule has 174 valence electrons. The molecular formula is C29H24N2O4. The first-order valence-corrected chi connectivity index (χ1v) is 11.4. The van der Waals surface area contributed by atoms with Crippen LogP contribution in [0.25, 0.3) is 5.69 Å². The van der Waals surface area contributed by atoms with E-state index in [-0.39, 0.29) is 17.5 Å². The van der Waals surface area contributed by atoms with Gasteiger partial charge in [-0.05, 0) is 56.3 Å². The van der Waals surface area contributed by atoms with Gasteiger partial charge >= 0.3 is 5.97 Å². The summed E-state index contributed by atoms with van der Waals surface area (Å²) < 4.78 is 6.86. The molecule has 2 aromatic carbocycles. The minimum atomic E-state index is -0.532. The average molecular weight is 465 g/mol.